The Balaban J connectivity index is 1.85. The van der Waals surface area contributed by atoms with Crippen LogP contribution in [0.15, 0.2) is 18.2 Å². The maximum absolute atomic E-state index is 12.0. The van der Waals surface area contributed by atoms with E-state index in [0.29, 0.717) is 35.2 Å². The molecule has 1 fully saturated rings. The molecular weight excluding hydrogens is 311 g/mol. The second-order valence-electron chi connectivity index (χ2n) is 5.77. The van der Waals surface area contributed by atoms with Gasteiger partial charge in [0.05, 0.1) is 21.3 Å². The van der Waals surface area contributed by atoms with Gasteiger partial charge < -0.3 is 10.4 Å². The maximum atomic E-state index is 12.0. The highest BCUT2D eigenvalue weighted by atomic mass is 35.5. The zero-order valence-electron chi connectivity index (χ0n) is 12.0. The van der Waals surface area contributed by atoms with Gasteiger partial charge in [-0.3, -0.25) is 9.69 Å². The Morgan fingerprint density at radius 2 is 2.10 bits per heavy atom. The van der Waals surface area contributed by atoms with Crippen LogP contribution in [-0.2, 0) is 4.79 Å². The number of piperidine rings is 1. The van der Waals surface area contributed by atoms with Gasteiger partial charge in [0.15, 0.2) is 0 Å². The predicted octanol–water partition coefficient (Wildman–Crippen LogP) is 3.17. The van der Waals surface area contributed by atoms with Gasteiger partial charge in [0.2, 0.25) is 5.91 Å². The van der Waals surface area contributed by atoms with Gasteiger partial charge in [-0.1, -0.05) is 29.3 Å². The number of carbonyl (C=O) groups excluding carboxylic acids is 1. The standard InChI is InChI=1S/C15H20Cl2N2O2/c1-15(21)7-3-8-19(10-15)9-6-13(20)18-14-11(16)4-2-5-12(14)17/h2,4-5,21H,3,6-10H2,1H3,(H,18,20). The number of benzene rings is 1. The Labute approximate surface area is 135 Å². The first kappa shape index (κ1) is 16.6. The Morgan fingerprint density at radius 1 is 1.43 bits per heavy atom. The highest BCUT2D eigenvalue weighted by Gasteiger charge is 2.28. The van der Waals surface area contributed by atoms with Gasteiger partial charge in [-0.25, -0.2) is 0 Å². The van der Waals surface area contributed by atoms with E-state index in [1.807, 2.05) is 6.92 Å². The average Bonchev–Trinajstić information content (AvgIpc) is 2.40. The fourth-order valence-electron chi connectivity index (χ4n) is 2.59. The molecule has 1 aromatic rings. The van der Waals surface area contributed by atoms with Gasteiger partial charge in [-0.15, -0.1) is 0 Å². The number of carbonyl (C=O) groups is 1. The predicted molar refractivity (Wildman–Crippen MR) is 86.0 cm³/mol. The Morgan fingerprint density at radius 3 is 2.71 bits per heavy atom. The number of hydrogen-bond donors (Lipinski definition) is 2. The van der Waals surface area contributed by atoms with E-state index in [1.165, 1.54) is 0 Å². The molecule has 0 spiro atoms. The van der Waals surface area contributed by atoms with Crippen molar-refractivity contribution in [2.24, 2.45) is 0 Å². The summed E-state index contributed by atoms with van der Waals surface area (Å²) in [4.78, 5) is 14.1. The number of para-hydroxylation sites is 1. The molecule has 1 unspecified atom stereocenters. The summed E-state index contributed by atoms with van der Waals surface area (Å²) in [5, 5.41) is 13.6. The quantitative estimate of drug-likeness (QED) is 0.891. The Kier molecular flexibility index (Phi) is 5.49. The first-order valence-electron chi connectivity index (χ1n) is 7.06. The van der Waals surface area contributed by atoms with Crippen molar-refractivity contribution in [1.82, 2.24) is 4.90 Å². The molecule has 0 aromatic heterocycles. The molecule has 0 radical (unpaired) electrons. The van der Waals surface area contributed by atoms with E-state index in [-0.39, 0.29) is 5.91 Å². The smallest absolute Gasteiger partial charge is 0.225 e. The van der Waals surface area contributed by atoms with E-state index < -0.39 is 5.60 Å². The Hall–Kier alpha value is -0.810. The van der Waals surface area contributed by atoms with E-state index >= 15 is 0 Å². The fraction of sp³-hybridized carbons (Fsp3) is 0.533. The topological polar surface area (TPSA) is 52.6 Å². The zero-order valence-corrected chi connectivity index (χ0v) is 13.5. The minimum Gasteiger partial charge on any atom is -0.389 e. The van der Waals surface area contributed by atoms with Crippen molar-refractivity contribution >= 4 is 34.8 Å². The fourth-order valence-corrected chi connectivity index (χ4v) is 3.08. The highest BCUT2D eigenvalue weighted by molar-refractivity contribution is 6.39. The lowest BCUT2D eigenvalue weighted by Crippen LogP contribution is -2.46. The SMILES string of the molecule is CC1(O)CCCN(CCC(=O)Nc2c(Cl)cccc2Cl)C1. The molecule has 0 saturated carbocycles. The lowest BCUT2D eigenvalue weighted by molar-refractivity contribution is -0.117. The molecule has 1 amide bonds. The lowest BCUT2D eigenvalue weighted by atomic mass is 9.95. The molecule has 1 aromatic carbocycles. The summed E-state index contributed by atoms with van der Waals surface area (Å²) in [5.74, 6) is -0.129. The summed E-state index contributed by atoms with van der Waals surface area (Å²) in [6.45, 7) is 3.97. The van der Waals surface area contributed by atoms with Crippen LogP contribution in [0.3, 0.4) is 0 Å². The second kappa shape index (κ2) is 6.97. The van der Waals surface area contributed by atoms with E-state index in [4.69, 9.17) is 23.2 Å². The molecule has 4 nitrogen and oxygen atoms in total. The number of rotatable bonds is 4. The van der Waals surface area contributed by atoms with Crippen LogP contribution in [0.4, 0.5) is 5.69 Å². The molecule has 1 aliphatic rings. The second-order valence-corrected chi connectivity index (χ2v) is 6.59. The van der Waals surface area contributed by atoms with Crippen molar-refractivity contribution < 1.29 is 9.90 Å². The number of amides is 1. The number of halogens is 2. The minimum atomic E-state index is -0.652. The van der Waals surface area contributed by atoms with Gasteiger partial charge in [-0.05, 0) is 38.4 Å². The van der Waals surface area contributed by atoms with Crippen molar-refractivity contribution in [2.45, 2.75) is 31.8 Å². The van der Waals surface area contributed by atoms with Gasteiger partial charge in [0.25, 0.3) is 0 Å². The molecule has 116 valence electrons. The van der Waals surface area contributed by atoms with Crippen LogP contribution in [0.1, 0.15) is 26.2 Å². The third kappa shape index (κ3) is 4.85. The maximum Gasteiger partial charge on any atom is 0.225 e. The summed E-state index contributed by atoms with van der Waals surface area (Å²) in [6.07, 6.45) is 2.10. The lowest BCUT2D eigenvalue weighted by Gasteiger charge is -2.36. The van der Waals surface area contributed by atoms with E-state index in [2.05, 4.69) is 10.2 Å². The van der Waals surface area contributed by atoms with E-state index in [0.717, 1.165) is 19.4 Å². The van der Waals surface area contributed by atoms with Gasteiger partial charge in [-0.2, -0.15) is 0 Å². The first-order chi connectivity index (χ1) is 9.87. The van der Waals surface area contributed by atoms with Gasteiger partial charge >= 0.3 is 0 Å². The molecule has 1 heterocycles. The van der Waals surface area contributed by atoms with E-state index in [1.54, 1.807) is 18.2 Å². The van der Waals surface area contributed by atoms with Crippen LogP contribution in [0, 0.1) is 0 Å². The zero-order chi connectivity index (χ0) is 15.5. The number of nitrogens with one attached hydrogen (secondary N) is 1. The average molecular weight is 331 g/mol. The summed E-state index contributed by atoms with van der Waals surface area (Å²) in [6, 6.07) is 5.10. The molecule has 21 heavy (non-hydrogen) atoms. The van der Waals surface area contributed by atoms with Crippen LogP contribution in [0.2, 0.25) is 10.0 Å². The van der Waals surface area contributed by atoms with Gasteiger partial charge in [0.1, 0.15) is 0 Å². The van der Waals surface area contributed by atoms with Crippen molar-refractivity contribution in [2.75, 3.05) is 25.0 Å². The van der Waals surface area contributed by atoms with Crippen LogP contribution in [0.25, 0.3) is 0 Å². The number of nitrogens with zero attached hydrogens (tertiary/aromatic N) is 1. The first-order valence-corrected chi connectivity index (χ1v) is 7.81. The third-order valence-electron chi connectivity index (χ3n) is 3.64. The van der Waals surface area contributed by atoms with Crippen LogP contribution < -0.4 is 5.32 Å². The molecule has 2 N–H and O–H groups in total. The van der Waals surface area contributed by atoms with Gasteiger partial charge in [0, 0.05) is 19.5 Å². The summed E-state index contributed by atoms with van der Waals surface area (Å²) >= 11 is 12.0. The molecule has 6 heteroatoms. The normalized spacial score (nSPS) is 23.0. The minimum absolute atomic E-state index is 0.129. The number of β-amino-alcohol motifs (C(OH)–C–C–N with tert-alkyl or cyclic N) is 1. The molecule has 1 atom stereocenters. The summed E-state index contributed by atoms with van der Waals surface area (Å²) < 4.78 is 0. The highest BCUT2D eigenvalue weighted by Crippen LogP contribution is 2.29. The number of hydrogen-bond acceptors (Lipinski definition) is 3. The number of aliphatic hydroxyl groups is 1. The molecule has 0 aliphatic carbocycles. The molecule has 0 bridgehead atoms. The van der Waals surface area contributed by atoms with Crippen LogP contribution in [-0.4, -0.2) is 41.1 Å². The molecular formula is C15H20Cl2N2O2. The molecule has 2 rings (SSSR count). The number of likely N-dealkylation sites (tertiary alicyclic amines) is 1. The van der Waals surface area contributed by atoms with Crippen molar-refractivity contribution in [1.29, 1.82) is 0 Å². The van der Waals surface area contributed by atoms with E-state index in [9.17, 15) is 9.90 Å². The summed E-state index contributed by atoms with van der Waals surface area (Å²) in [7, 11) is 0. The monoisotopic (exact) mass is 330 g/mol. The van der Waals surface area contributed by atoms with Crippen LogP contribution >= 0.6 is 23.2 Å². The van der Waals surface area contributed by atoms with Crippen molar-refractivity contribution in [3.63, 3.8) is 0 Å². The molecule has 1 aliphatic heterocycles. The Bertz CT molecular complexity index is 500. The molecule has 1 saturated heterocycles. The third-order valence-corrected chi connectivity index (χ3v) is 4.27. The largest absolute Gasteiger partial charge is 0.389 e. The van der Waals surface area contributed by atoms with Crippen molar-refractivity contribution in [3.8, 4) is 0 Å². The van der Waals surface area contributed by atoms with Crippen molar-refractivity contribution in [3.05, 3.63) is 28.2 Å². The summed E-state index contributed by atoms with van der Waals surface area (Å²) in [5.41, 5.74) is -0.197. The number of anilines is 1. The van der Waals surface area contributed by atoms with Crippen LogP contribution in [0.5, 0.6) is 0 Å².